The lowest BCUT2D eigenvalue weighted by atomic mass is 9.58. The van der Waals surface area contributed by atoms with E-state index in [0.717, 1.165) is 0 Å². The molecule has 0 unspecified atom stereocenters. The molecule has 3 saturated carbocycles. The van der Waals surface area contributed by atoms with Gasteiger partial charge in [-0.3, -0.25) is 4.79 Å². The summed E-state index contributed by atoms with van der Waals surface area (Å²) in [5, 5.41) is 0. The minimum Gasteiger partial charge on any atom is -0.299 e. The molecule has 4 aliphatic carbocycles. The third kappa shape index (κ3) is 0.656. The Kier molecular flexibility index (Phi) is 1.18. The van der Waals surface area contributed by atoms with Gasteiger partial charge in [-0.05, 0) is 42.9 Å². The highest BCUT2D eigenvalue weighted by Crippen LogP contribution is 2.70. The van der Waals surface area contributed by atoms with Crippen molar-refractivity contribution in [3.63, 3.8) is 0 Å². The molecule has 0 aliphatic heterocycles. The number of ketones is 1. The maximum Gasteiger partial charge on any atom is 0.140 e. The third-order valence-corrected chi connectivity index (χ3v) is 5.31. The van der Waals surface area contributed by atoms with E-state index in [1.165, 1.54) is 32.1 Å². The number of carbonyl (C=O) groups is 1. The molecule has 14 heavy (non-hydrogen) atoms. The number of fused-ring (bicyclic) bond motifs is 4. The Hall–Kier alpha value is -0.590. The highest BCUT2D eigenvalue weighted by molar-refractivity contribution is 5.87. The van der Waals surface area contributed by atoms with Gasteiger partial charge in [0, 0.05) is 11.8 Å². The fraction of sp³-hybridized carbons (Fsp3) is 0.769. The summed E-state index contributed by atoms with van der Waals surface area (Å²) in [4.78, 5) is 12.1. The number of allylic oxidation sites excluding steroid dienone is 2. The van der Waals surface area contributed by atoms with Gasteiger partial charge in [0.05, 0.1) is 0 Å². The van der Waals surface area contributed by atoms with Crippen molar-refractivity contribution in [3.8, 4) is 0 Å². The topological polar surface area (TPSA) is 17.1 Å². The molecule has 0 N–H and O–H groups in total. The first kappa shape index (κ1) is 7.67. The van der Waals surface area contributed by atoms with E-state index in [9.17, 15) is 4.79 Å². The lowest BCUT2D eigenvalue weighted by molar-refractivity contribution is -0.138. The molecule has 4 rings (SSSR count). The molecule has 0 heterocycles. The highest BCUT2D eigenvalue weighted by Gasteiger charge is 2.65. The van der Waals surface area contributed by atoms with Crippen LogP contribution in [0.1, 0.15) is 32.1 Å². The Labute approximate surface area is 84.6 Å². The Morgan fingerprint density at radius 1 is 1.07 bits per heavy atom. The van der Waals surface area contributed by atoms with Crippen molar-refractivity contribution < 1.29 is 4.79 Å². The molecular weight excluding hydrogens is 172 g/mol. The van der Waals surface area contributed by atoms with E-state index in [-0.39, 0.29) is 0 Å². The molecule has 1 heteroatoms. The first-order valence-electron chi connectivity index (χ1n) is 6.05. The van der Waals surface area contributed by atoms with Gasteiger partial charge in [-0.25, -0.2) is 0 Å². The number of rotatable bonds is 0. The van der Waals surface area contributed by atoms with Crippen molar-refractivity contribution in [1.82, 2.24) is 0 Å². The summed E-state index contributed by atoms with van der Waals surface area (Å²) in [7, 11) is 0. The van der Waals surface area contributed by atoms with Gasteiger partial charge in [0.15, 0.2) is 0 Å². The Morgan fingerprint density at radius 2 is 1.64 bits per heavy atom. The monoisotopic (exact) mass is 188 g/mol. The SMILES string of the molecule is O=C1[C@H]2CCC[C@@H]1[C@@H]1C=C[C@@H]2C12CC2. The van der Waals surface area contributed by atoms with E-state index in [0.29, 0.717) is 34.9 Å². The number of Topliss-reactive ketones (excluding diaryl/α,β-unsaturated/α-hetero) is 1. The van der Waals surface area contributed by atoms with Crippen LogP contribution >= 0.6 is 0 Å². The largest absolute Gasteiger partial charge is 0.299 e. The normalized spacial score (nSPS) is 51.3. The molecule has 0 aromatic carbocycles. The van der Waals surface area contributed by atoms with Crippen molar-refractivity contribution in [2.24, 2.45) is 29.1 Å². The molecule has 0 aromatic rings. The maximum atomic E-state index is 12.1. The van der Waals surface area contributed by atoms with E-state index in [1.807, 2.05) is 0 Å². The number of hydrogen-bond acceptors (Lipinski definition) is 1. The zero-order chi connectivity index (χ0) is 9.34. The fourth-order valence-electron chi connectivity index (χ4n) is 4.56. The standard InChI is InChI=1S/C13H16O/c14-12-8-2-1-3-9(12)11-5-4-10(8)13(11)6-7-13/h4-5,8-11H,1-3,6-7H2/t8-,9+,10-,11-/m0/s1. The predicted molar refractivity (Wildman–Crippen MR) is 53.6 cm³/mol. The molecule has 0 amide bonds. The second kappa shape index (κ2) is 2.15. The van der Waals surface area contributed by atoms with E-state index >= 15 is 0 Å². The predicted octanol–water partition coefficient (Wildman–Crippen LogP) is 2.57. The molecule has 1 nitrogen and oxygen atoms in total. The van der Waals surface area contributed by atoms with Gasteiger partial charge < -0.3 is 0 Å². The van der Waals surface area contributed by atoms with Gasteiger partial charge in [-0.15, -0.1) is 0 Å². The lowest BCUT2D eigenvalue weighted by Crippen LogP contribution is -2.46. The molecule has 4 bridgehead atoms. The van der Waals surface area contributed by atoms with Crippen LogP contribution in [0.4, 0.5) is 0 Å². The van der Waals surface area contributed by atoms with Crippen LogP contribution in [0.25, 0.3) is 0 Å². The van der Waals surface area contributed by atoms with Gasteiger partial charge in [0.1, 0.15) is 5.78 Å². The van der Waals surface area contributed by atoms with Gasteiger partial charge in [0.25, 0.3) is 0 Å². The second-order valence-corrected chi connectivity index (χ2v) is 5.72. The van der Waals surface area contributed by atoms with Gasteiger partial charge in [-0.1, -0.05) is 18.6 Å². The summed E-state index contributed by atoms with van der Waals surface area (Å²) in [6.45, 7) is 0. The average Bonchev–Trinajstić information content (AvgIpc) is 2.84. The van der Waals surface area contributed by atoms with Gasteiger partial charge >= 0.3 is 0 Å². The van der Waals surface area contributed by atoms with Crippen LogP contribution < -0.4 is 0 Å². The van der Waals surface area contributed by atoms with Crippen molar-refractivity contribution >= 4 is 5.78 Å². The lowest BCUT2D eigenvalue weighted by Gasteiger charge is -2.44. The number of carbonyl (C=O) groups excluding carboxylic acids is 1. The Balaban J connectivity index is 1.86. The Morgan fingerprint density at radius 3 is 2.14 bits per heavy atom. The molecule has 4 aliphatic rings. The van der Waals surface area contributed by atoms with Crippen molar-refractivity contribution in [1.29, 1.82) is 0 Å². The summed E-state index contributed by atoms with van der Waals surface area (Å²) in [6, 6.07) is 0. The van der Waals surface area contributed by atoms with Crippen LogP contribution in [0, 0.1) is 29.1 Å². The first-order chi connectivity index (χ1) is 6.83. The maximum absolute atomic E-state index is 12.1. The van der Waals surface area contributed by atoms with Crippen LogP contribution in [0.2, 0.25) is 0 Å². The van der Waals surface area contributed by atoms with Crippen molar-refractivity contribution in [3.05, 3.63) is 12.2 Å². The molecule has 74 valence electrons. The first-order valence-corrected chi connectivity index (χ1v) is 6.05. The van der Waals surface area contributed by atoms with Crippen molar-refractivity contribution in [2.45, 2.75) is 32.1 Å². The van der Waals surface area contributed by atoms with Crippen LogP contribution in [-0.4, -0.2) is 5.78 Å². The molecule has 3 fully saturated rings. The summed E-state index contributed by atoms with van der Waals surface area (Å²) in [6.07, 6.45) is 11.2. The summed E-state index contributed by atoms with van der Waals surface area (Å²) >= 11 is 0. The van der Waals surface area contributed by atoms with Gasteiger partial charge in [0.2, 0.25) is 0 Å². The molecule has 0 radical (unpaired) electrons. The van der Waals surface area contributed by atoms with Gasteiger partial charge in [-0.2, -0.15) is 0 Å². The van der Waals surface area contributed by atoms with E-state index in [2.05, 4.69) is 12.2 Å². The zero-order valence-electron chi connectivity index (χ0n) is 8.41. The molecule has 4 atom stereocenters. The van der Waals surface area contributed by atoms with Crippen LogP contribution in [0.15, 0.2) is 12.2 Å². The van der Waals surface area contributed by atoms with Crippen LogP contribution in [0.3, 0.4) is 0 Å². The highest BCUT2D eigenvalue weighted by atomic mass is 16.1. The smallest absolute Gasteiger partial charge is 0.140 e. The zero-order valence-corrected chi connectivity index (χ0v) is 8.41. The fourth-order valence-corrected chi connectivity index (χ4v) is 4.56. The molecule has 0 saturated heterocycles. The molecule has 1 spiro atoms. The average molecular weight is 188 g/mol. The summed E-state index contributed by atoms with van der Waals surface area (Å²) in [5.41, 5.74) is 0.601. The minimum absolute atomic E-state index is 0.422. The van der Waals surface area contributed by atoms with E-state index in [1.54, 1.807) is 0 Å². The third-order valence-electron chi connectivity index (χ3n) is 5.31. The van der Waals surface area contributed by atoms with E-state index < -0.39 is 0 Å². The number of hydrogen-bond donors (Lipinski definition) is 0. The van der Waals surface area contributed by atoms with Crippen LogP contribution in [0.5, 0.6) is 0 Å². The summed E-state index contributed by atoms with van der Waals surface area (Å²) < 4.78 is 0. The Bertz CT molecular complexity index is 311. The van der Waals surface area contributed by atoms with E-state index in [4.69, 9.17) is 0 Å². The van der Waals surface area contributed by atoms with Crippen LogP contribution in [-0.2, 0) is 4.79 Å². The minimum atomic E-state index is 0.422. The quantitative estimate of drug-likeness (QED) is 0.534. The van der Waals surface area contributed by atoms with Crippen molar-refractivity contribution in [2.75, 3.05) is 0 Å². The molecular formula is C13H16O. The molecule has 0 aromatic heterocycles. The summed E-state index contributed by atoms with van der Waals surface area (Å²) in [5.74, 6) is 2.76. The second-order valence-electron chi connectivity index (χ2n) is 5.72.